The van der Waals surface area contributed by atoms with Gasteiger partial charge in [-0.25, -0.2) is 0 Å². The summed E-state index contributed by atoms with van der Waals surface area (Å²) in [5.74, 6) is 0.948. The highest BCUT2D eigenvalue weighted by atomic mass is 16.5. The molecule has 0 aromatic heterocycles. The molecule has 4 rings (SSSR count). The Kier molecular flexibility index (Phi) is 6.66. The normalized spacial score (nSPS) is 22.0. The van der Waals surface area contributed by atoms with Crippen LogP contribution in [0.25, 0.3) is 0 Å². The van der Waals surface area contributed by atoms with E-state index in [0.29, 0.717) is 6.61 Å². The van der Waals surface area contributed by atoms with Crippen molar-refractivity contribution in [1.82, 2.24) is 4.90 Å². The summed E-state index contributed by atoms with van der Waals surface area (Å²) in [4.78, 5) is 14.5. The van der Waals surface area contributed by atoms with Crippen molar-refractivity contribution in [3.63, 3.8) is 0 Å². The number of hydrogen-bond acceptors (Lipinski definition) is 4. The second-order valence-electron chi connectivity index (χ2n) is 9.51. The topological polar surface area (TPSA) is 38.8 Å². The molecule has 1 saturated heterocycles. The molecule has 0 spiro atoms. The number of piperidine rings is 1. The van der Waals surface area contributed by atoms with E-state index < -0.39 is 5.41 Å². The summed E-state index contributed by atoms with van der Waals surface area (Å²) >= 11 is 0. The molecule has 0 amide bonds. The molecule has 2 heterocycles. The molecule has 4 nitrogen and oxygen atoms in total. The van der Waals surface area contributed by atoms with Crippen LogP contribution in [0.4, 0.5) is 0 Å². The molecular weight excluding hydrogens is 386 g/mol. The lowest BCUT2D eigenvalue weighted by Gasteiger charge is -2.33. The number of hydrogen-bond donors (Lipinski definition) is 0. The zero-order valence-corrected chi connectivity index (χ0v) is 19.2. The van der Waals surface area contributed by atoms with Gasteiger partial charge in [-0.15, -0.1) is 0 Å². The van der Waals surface area contributed by atoms with E-state index in [-0.39, 0.29) is 5.97 Å². The van der Waals surface area contributed by atoms with Gasteiger partial charge in [0, 0.05) is 18.7 Å². The fourth-order valence-electron chi connectivity index (χ4n) is 4.88. The van der Waals surface area contributed by atoms with E-state index in [1.54, 1.807) is 5.57 Å². The largest absolute Gasteiger partial charge is 0.489 e. The first-order valence-corrected chi connectivity index (χ1v) is 11.6. The maximum Gasteiger partial charge on any atom is 0.311 e. The van der Waals surface area contributed by atoms with Gasteiger partial charge in [-0.2, -0.15) is 0 Å². The van der Waals surface area contributed by atoms with Crippen LogP contribution in [0.3, 0.4) is 0 Å². The van der Waals surface area contributed by atoms with Crippen molar-refractivity contribution in [3.05, 3.63) is 70.1 Å². The Morgan fingerprint density at radius 1 is 1.13 bits per heavy atom. The second-order valence-corrected chi connectivity index (χ2v) is 9.51. The summed E-state index contributed by atoms with van der Waals surface area (Å²) in [6.07, 6.45) is 19.5. The number of ether oxygens (including phenoxy) is 2. The summed E-state index contributed by atoms with van der Waals surface area (Å²) in [6.45, 7) is 7.64. The molecule has 166 valence electrons. The quantitative estimate of drug-likeness (QED) is 0.569. The number of rotatable bonds is 4. The zero-order valence-electron chi connectivity index (χ0n) is 19.2. The Hall–Kier alpha value is -2.33. The van der Waals surface area contributed by atoms with E-state index in [1.807, 2.05) is 13.8 Å². The summed E-state index contributed by atoms with van der Waals surface area (Å²) in [6, 6.07) is 0. The van der Waals surface area contributed by atoms with E-state index in [2.05, 4.69) is 41.4 Å². The minimum Gasteiger partial charge on any atom is -0.489 e. The van der Waals surface area contributed by atoms with E-state index in [9.17, 15) is 4.79 Å². The van der Waals surface area contributed by atoms with Crippen LogP contribution in [0.2, 0.25) is 0 Å². The van der Waals surface area contributed by atoms with Gasteiger partial charge in [-0.05, 0) is 81.7 Å². The maximum atomic E-state index is 12.0. The van der Waals surface area contributed by atoms with Crippen LogP contribution in [-0.4, -0.2) is 44.2 Å². The summed E-state index contributed by atoms with van der Waals surface area (Å²) < 4.78 is 11.2. The first-order valence-electron chi connectivity index (χ1n) is 11.6. The molecule has 0 aromatic carbocycles. The van der Waals surface area contributed by atoms with Gasteiger partial charge in [0.25, 0.3) is 0 Å². The van der Waals surface area contributed by atoms with Crippen molar-refractivity contribution >= 4 is 5.97 Å². The Morgan fingerprint density at radius 3 is 2.68 bits per heavy atom. The lowest BCUT2D eigenvalue weighted by molar-refractivity contribution is -0.151. The first kappa shape index (κ1) is 21.9. The van der Waals surface area contributed by atoms with Gasteiger partial charge >= 0.3 is 5.97 Å². The molecule has 31 heavy (non-hydrogen) atoms. The van der Waals surface area contributed by atoms with Crippen molar-refractivity contribution in [1.29, 1.82) is 0 Å². The summed E-state index contributed by atoms with van der Waals surface area (Å²) in [5, 5.41) is 0. The number of esters is 1. The van der Waals surface area contributed by atoms with E-state index in [0.717, 1.165) is 63.9 Å². The average Bonchev–Trinajstić information content (AvgIpc) is 3.10. The highest BCUT2D eigenvalue weighted by Gasteiger charge is 2.31. The van der Waals surface area contributed by atoms with Gasteiger partial charge in [0.15, 0.2) is 0 Å². The molecule has 0 radical (unpaired) electrons. The maximum absolute atomic E-state index is 12.0. The Bertz CT molecular complexity index is 901. The van der Waals surface area contributed by atoms with Crippen LogP contribution < -0.4 is 0 Å². The van der Waals surface area contributed by atoms with E-state index in [1.165, 1.54) is 29.4 Å². The molecule has 0 aromatic rings. The minimum absolute atomic E-state index is 0.123. The summed E-state index contributed by atoms with van der Waals surface area (Å²) in [5.41, 5.74) is 6.59. The fraction of sp³-hybridized carbons (Fsp3) is 0.519. The van der Waals surface area contributed by atoms with Crippen LogP contribution in [0, 0.1) is 5.41 Å². The van der Waals surface area contributed by atoms with Gasteiger partial charge in [0.05, 0.1) is 12.5 Å². The molecule has 2 aliphatic carbocycles. The number of carbonyl (C=O) groups is 1. The molecule has 2 aliphatic heterocycles. The average molecular weight is 422 g/mol. The smallest absolute Gasteiger partial charge is 0.311 e. The SMILES string of the molecule is COC(=O)C(C)(C)CCN1CCC(=C2C3=CCCC=C3OCC3=C2C=CC=CC3)CC1. The third-order valence-corrected chi connectivity index (χ3v) is 6.91. The number of methoxy groups -OCH3 is 1. The van der Waals surface area contributed by atoms with Gasteiger partial charge in [0.1, 0.15) is 12.4 Å². The molecule has 0 unspecified atom stereocenters. The number of nitrogens with zero attached hydrogens (tertiary/aromatic N) is 1. The number of allylic oxidation sites excluding steroid dienone is 8. The van der Waals surface area contributed by atoms with Gasteiger partial charge in [0.2, 0.25) is 0 Å². The summed E-state index contributed by atoms with van der Waals surface area (Å²) in [7, 11) is 1.48. The molecule has 1 fully saturated rings. The molecular formula is C27H35NO3. The predicted molar refractivity (Wildman–Crippen MR) is 124 cm³/mol. The molecule has 0 N–H and O–H groups in total. The van der Waals surface area contributed by atoms with Crippen molar-refractivity contribution in [2.45, 2.75) is 52.4 Å². The Labute approximate surface area is 186 Å². The molecule has 0 bridgehead atoms. The van der Waals surface area contributed by atoms with Crippen LogP contribution in [0.5, 0.6) is 0 Å². The number of carbonyl (C=O) groups excluding carboxylic acids is 1. The van der Waals surface area contributed by atoms with Crippen molar-refractivity contribution in [3.8, 4) is 0 Å². The standard InChI is InChI=1S/C27H35NO3/c1-27(2,26(29)30-3)15-18-28-16-13-20(14-17-28)25-22-10-6-4-5-9-21(22)19-31-24-12-8-7-11-23(24)25/h4-6,10-12H,7-9,13-19H2,1-3H3. The third kappa shape index (κ3) is 4.79. The lowest BCUT2D eigenvalue weighted by atomic mass is 9.83. The number of likely N-dealkylation sites (tertiary alicyclic amines) is 1. The Morgan fingerprint density at radius 2 is 1.90 bits per heavy atom. The van der Waals surface area contributed by atoms with Crippen LogP contribution in [0.15, 0.2) is 70.1 Å². The second kappa shape index (κ2) is 9.44. The van der Waals surface area contributed by atoms with Gasteiger partial charge < -0.3 is 14.4 Å². The molecule has 0 saturated carbocycles. The van der Waals surface area contributed by atoms with Crippen LogP contribution in [0.1, 0.15) is 52.4 Å². The van der Waals surface area contributed by atoms with Gasteiger partial charge in [-0.1, -0.05) is 36.0 Å². The van der Waals surface area contributed by atoms with Crippen molar-refractivity contribution in [2.75, 3.05) is 33.4 Å². The molecule has 4 heteroatoms. The highest BCUT2D eigenvalue weighted by molar-refractivity contribution is 5.75. The van der Waals surface area contributed by atoms with Crippen LogP contribution >= 0.6 is 0 Å². The predicted octanol–water partition coefficient (Wildman–Crippen LogP) is 5.42. The van der Waals surface area contributed by atoms with E-state index in [4.69, 9.17) is 9.47 Å². The third-order valence-electron chi connectivity index (χ3n) is 6.91. The fourth-order valence-corrected chi connectivity index (χ4v) is 4.88. The molecule has 4 aliphatic rings. The number of fused-ring (bicyclic) bond motifs is 1. The zero-order chi connectivity index (χ0) is 21.8. The molecule has 0 atom stereocenters. The Balaban J connectivity index is 1.55. The minimum atomic E-state index is -0.434. The van der Waals surface area contributed by atoms with Crippen molar-refractivity contribution < 1.29 is 14.3 Å². The lowest BCUT2D eigenvalue weighted by Crippen LogP contribution is -2.36. The highest BCUT2D eigenvalue weighted by Crippen LogP contribution is 2.41. The van der Waals surface area contributed by atoms with Gasteiger partial charge in [-0.3, -0.25) is 4.79 Å². The van der Waals surface area contributed by atoms with Crippen LogP contribution in [-0.2, 0) is 14.3 Å². The first-order chi connectivity index (χ1) is 15.0. The monoisotopic (exact) mass is 421 g/mol. The van der Waals surface area contributed by atoms with Crippen molar-refractivity contribution in [2.24, 2.45) is 5.41 Å². The van der Waals surface area contributed by atoms with E-state index >= 15 is 0 Å².